The smallest absolute Gasteiger partial charge is 0.416 e. The topological polar surface area (TPSA) is 76.8 Å². The van der Waals surface area contributed by atoms with Crippen molar-refractivity contribution < 1.29 is 35.5 Å². The van der Waals surface area contributed by atoms with E-state index in [-0.39, 0.29) is 30.4 Å². The normalized spacial score (nSPS) is 16.1. The molecule has 0 aliphatic carbocycles. The lowest BCUT2D eigenvalue weighted by Gasteiger charge is -2.21. The van der Waals surface area contributed by atoms with Crippen molar-refractivity contribution in [1.29, 1.82) is 0 Å². The maximum absolute atomic E-state index is 13.3. The molecule has 1 aliphatic heterocycles. The van der Waals surface area contributed by atoms with Crippen molar-refractivity contribution in [3.8, 4) is 5.75 Å². The van der Waals surface area contributed by atoms with E-state index in [2.05, 4.69) is 0 Å². The number of ketones is 1. The van der Waals surface area contributed by atoms with Gasteiger partial charge in [-0.1, -0.05) is 54.6 Å². The number of sulfonamides is 1. The summed E-state index contributed by atoms with van der Waals surface area (Å²) < 4.78 is 77.2. The predicted molar refractivity (Wildman–Crippen MR) is 139 cm³/mol. The Morgan fingerprint density at radius 2 is 1.74 bits per heavy atom. The van der Waals surface area contributed by atoms with Crippen molar-refractivity contribution in [2.45, 2.75) is 36.8 Å². The monoisotopic (exact) mass is 555 g/mol. The number of hydrogen-bond donors (Lipinski definition) is 0. The number of carbonyl (C=O) groups excluding carboxylic acids is 1. The fourth-order valence-electron chi connectivity index (χ4n) is 4.38. The van der Waals surface area contributed by atoms with Gasteiger partial charge in [0.25, 0.3) is 10.0 Å². The maximum atomic E-state index is 13.3. The van der Waals surface area contributed by atoms with E-state index in [1.807, 2.05) is 6.07 Å². The van der Waals surface area contributed by atoms with Crippen LogP contribution in [-0.4, -0.2) is 31.1 Å². The van der Waals surface area contributed by atoms with Crippen LogP contribution < -0.4 is 4.74 Å². The van der Waals surface area contributed by atoms with Crippen molar-refractivity contribution in [2.24, 2.45) is 0 Å². The van der Waals surface area contributed by atoms with Crippen LogP contribution in [0.1, 0.15) is 23.1 Å². The molecule has 2 heterocycles. The number of aryl methyl sites for hydroxylation is 1. The molecule has 5 rings (SSSR count). The number of para-hydroxylation sites is 1. The van der Waals surface area contributed by atoms with E-state index in [1.165, 1.54) is 18.2 Å². The Labute approximate surface area is 223 Å². The first-order valence-electron chi connectivity index (χ1n) is 12.2. The summed E-state index contributed by atoms with van der Waals surface area (Å²) in [6.07, 6.45) is -0.693. The highest BCUT2D eigenvalue weighted by molar-refractivity contribution is 7.89. The molecule has 1 aliphatic rings. The molecule has 6 nitrogen and oxygen atoms in total. The van der Waals surface area contributed by atoms with Gasteiger partial charge in [-0.25, -0.2) is 8.42 Å². The molecule has 0 spiro atoms. The van der Waals surface area contributed by atoms with E-state index in [9.17, 15) is 26.4 Å². The second kappa shape index (κ2) is 10.7. The van der Waals surface area contributed by atoms with E-state index in [0.29, 0.717) is 28.7 Å². The fraction of sp³-hybridized carbons (Fsp3) is 0.207. The molecular formula is C29H24F3NO5S. The van der Waals surface area contributed by atoms with Gasteiger partial charge in [0.15, 0.2) is 5.78 Å². The number of benzene rings is 3. The molecule has 0 radical (unpaired) electrons. The Balaban J connectivity index is 1.20. The van der Waals surface area contributed by atoms with Gasteiger partial charge < -0.3 is 9.15 Å². The first kappa shape index (κ1) is 26.7. The van der Waals surface area contributed by atoms with E-state index in [0.717, 1.165) is 22.0 Å². The molecule has 3 aromatic carbocycles. The molecule has 202 valence electrons. The second-order valence-electron chi connectivity index (χ2n) is 9.15. The Morgan fingerprint density at radius 1 is 0.974 bits per heavy atom. The Morgan fingerprint density at radius 3 is 2.49 bits per heavy atom. The summed E-state index contributed by atoms with van der Waals surface area (Å²) in [7, 11) is -4.03. The van der Waals surface area contributed by atoms with Gasteiger partial charge in [0.1, 0.15) is 24.0 Å². The third-order valence-electron chi connectivity index (χ3n) is 6.46. The molecule has 0 fully saturated rings. The average molecular weight is 556 g/mol. The van der Waals surface area contributed by atoms with Crippen molar-refractivity contribution >= 4 is 26.8 Å². The summed E-state index contributed by atoms with van der Waals surface area (Å²) >= 11 is 0. The number of halogens is 3. The van der Waals surface area contributed by atoms with Gasteiger partial charge in [0, 0.05) is 24.4 Å². The average Bonchev–Trinajstić information content (AvgIpc) is 3.59. The summed E-state index contributed by atoms with van der Waals surface area (Å²) in [4.78, 5) is 13.1. The van der Waals surface area contributed by atoms with Gasteiger partial charge in [-0.2, -0.15) is 17.5 Å². The lowest BCUT2D eigenvalue weighted by Crippen LogP contribution is -2.40. The highest BCUT2D eigenvalue weighted by Gasteiger charge is 2.38. The first-order valence-corrected chi connectivity index (χ1v) is 13.6. The third kappa shape index (κ3) is 5.91. The molecule has 39 heavy (non-hydrogen) atoms. The molecule has 1 aromatic heterocycles. The molecule has 0 bridgehead atoms. The lowest BCUT2D eigenvalue weighted by molar-refractivity contribution is -0.137. The van der Waals surface area contributed by atoms with Crippen LogP contribution in [0.4, 0.5) is 13.2 Å². The number of carbonyl (C=O) groups is 1. The van der Waals surface area contributed by atoms with Crippen LogP contribution in [0.15, 0.2) is 101 Å². The Bertz CT molecular complexity index is 1590. The van der Waals surface area contributed by atoms with Gasteiger partial charge >= 0.3 is 6.18 Å². The number of rotatable bonds is 9. The minimum Gasteiger partial charge on any atom is -0.489 e. The zero-order valence-electron chi connectivity index (χ0n) is 20.6. The van der Waals surface area contributed by atoms with Crippen LogP contribution in [0.5, 0.6) is 5.75 Å². The van der Waals surface area contributed by atoms with Crippen LogP contribution in [0.3, 0.4) is 0 Å². The number of Topliss-reactive ketones (excluding diaryl/α,β-unsaturated/α-hetero) is 1. The molecular weight excluding hydrogens is 531 g/mol. The van der Waals surface area contributed by atoms with E-state index < -0.39 is 27.8 Å². The predicted octanol–water partition coefficient (Wildman–Crippen LogP) is 6.16. The highest BCUT2D eigenvalue weighted by atomic mass is 32.2. The van der Waals surface area contributed by atoms with Crippen LogP contribution in [0.25, 0.3) is 11.0 Å². The summed E-state index contributed by atoms with van der Waals surface area (Å²) in [5, 5.41) is 0.453. The van der Waals surface area contributed by atoms with Gasteiger partial charge in [0.05, 0.1) is 5.56 Å². The zero-order chi connectivity index (χ0) is 27.6. The fourth-order valence-corrected chi connectivity index (χ4v) is 5.85. The quantitative estimate of drug-likeness (QED) is 0.231. The lowest BCUT2D eigenvalue weighted by atomic mass is 10.0. The molecule has 4 aromatic rings. The Kier molecular flexibility index (Phi) is 7.33. The first-order chi connectivity index (χ1) is 18.6. The number of furan rings is 1. The maximum Gasteiger partial charge on any atom is 0.416 e. The SMILES string of the molecule is O=C(CCc1cccc(OCc2ccc(C(F)(F)F)cc2)c1)[C@@H]1C=CCN1S(=O)(=O)c1cc2ccccc2o1. The number of hydrogen-bond acceptors (Lipinski definition) is 5. The molecule has 0 unspecified atom stereocenters. The standard InChI is InChI=1S/C29H24F3NO5S/c30-29(31,32)23-13-10-21(11-14-23)19-37-24-7-3-5-20(17-24)12-15-26(34)25-8-4-16-33(25)39(35,36)28-18-22-6-1-2-9-27(22)38-28/h1-11,13-14,17-18,25H,12,15-16,19H2/t25-/m0/s1. The van der Waals surface area contributed by atoms with Gasteiger partial charge in [-0.3, -0.25) is 4.79 Å². The molecule has 0 amide bonds. The van der Waals surface area contributed by atoms with Crippen LogP contribution in [0, 0.1) is 0 Å². The Hall–Kier alpha value is -3.89. The number of fused-ring (bicyclic) bond motifs is 1. The zero-order valence-corrected chi connectivity index (χ0v) is 21.4. The van der Waals surface area contributed by atoms with Gasteiger partial charge in [-0.15, -0.1) is 0 Å². The minimum atomic E-state index is -4.39. The van der Waals surface area contributed by atoms with Crippen molar-refractivity contribution in [2.75, 3.05) is 6.54 Å². The van der Waals surface area contributed by atoms with Crippen LogP contribution in [-0.2, 0) is 34.0 Å². The van der Waals surface area contributed by atoms with E-state index >= 15 is 0 Å². The van der Waals surface area contributed by atoms with Crippen molar-refractivity contribution in [3.05, 3.63) is 108 Å². The second-order valence-corrected chi connectivity index (χ2v) is 11.0. The molecule has 0 saturated carbocycles. The largest absolute Gasteiger partial charge is 0.489 e. The summed E-state index contributed by atoms with van der Waals surface area (Å²) in [5.41, 5.74) is 1.12. The molecule has 0 N–H and O–H groups in total. The van der Waals surface area contributed by atoms with Gasteiger partial charge in [-0.05, 0) is 47.9 Å². The van der Waals surface area contributed by atoms with Crippen molar-refractivity contribution in [1.82, 2.24) is 4.31 Å². The minimum absolute atomic E-state index is 0.0725. The van der Waals surface area contributed by atoms with Gasteiger partial charge in [0.2, 0.25) is 5.09 Å². The highest BCUT2D eigenvalue weighted by Crippen LogP contribution is 2.30. The molecule has 1 atom stereocenters. The summed E-state index contributed by atoms with van der Waals surface area (Å²) in [6, 6.07) is 19.3. The van der Waals surface area contributed by atoms with Crippen LogP contribution >= 0.6 is 0 Å². The summed E-state index contributed by atoms with van der Waals surface area (Å²) in [5.74, 6) is 0.259. The van der Waals surface area contributed by atoms with Crippen LogP contribution in [0.2, 0.25) is 0 Å². The summed E-state index contributed by atoms with van der Waals surface area (Å²) in [6.45, 7) is 0.158. The third-order valence-corrected chi connectivity index (χ3v) is 8.16. The number of ether oxygens (including phenoxy) is 1. The van der Waals surface area contributed by atoms with E-state index in [1.54, 1.807) is 54.6 Å². The number of alkyl halides is 3. The number of nitrogens with zero attached hydrogens (tertiary/aromatic N) is 1. The van der Waals surface area contributed by atoms with Crippen molar-refractivity contribution in [3.63, 3.8) is 0 Å². The molecule has 0 saturated heterocycles. The molecule has 10 heteroatoms. The van der Waals surface area contributed by atoms with E-state index in [4.69, 9.17) is 9.15 Å².